The molecule has 88 valence electrons. The van der Waals surface area contributed by atoms with E-state index in [1.165, 1.54) is 24.3 Å². The lowest BCUT2D eigenvalue weighted by atomic mass is 10.00. The van der Waals surface area contributed by atoms with Crippen molar-refractivity contribution in [1.82, 2.24) is 0 Å². The summed E-state index contributed by atoms with van der Waals surface area (Å²) in [6.45, 7) is 3.13. The third kappa shape index (κ3) is 3.06. The van der Waals surface area contributed by atoms with E-state index in [0.29, 0.717) is 6.29 Å². The number of rotatable bonds is 4. The van der Waals surface area contributed by atoms with E-state index in [0.717, 1.165) is 0 Å². The van der Waals surface area contributed by atoms with Crippen LogP contribution >= 0.6 is 0 Å². The van der Waals surface area contributed by atoms with Gasteiger partial charge in [-0.2, -0.15) is 0 Å². The zero-order valence-corrected chi connectivity index (χ0v) is 9.99. The van der Waals surface area contributed by atoms with Crippen molar-refractivity contribution in [2.24, 2.45) is 5.41 Å². The Labute approximate surface area is 94.8 Å². The second kappa shape index (κ2) is 4.25. The van der Waals surface area contributed by atoms with Crippen molar-refractivity contribution in [3.8, 4) is 5.75 Å². The van der Waals surface area contributed by atoms with E-state index in [1.54, 1.807) is 13.8 Å². The number of sulfone groups is 1. The van der Waals surface area contributed by atoms with Crippen molar-refractivity contribution in [3.63, 3.8) is 0 Å². The van der Waals surface area contributed by atoms with Gasteiger partial charge in [0.05, 0.1) is 10.6 Å². The number of benzene rings is 1. The highest BCUT2D eigenvalue weighted by molar-refractivity contribution is 7.91. The molecule has 0 aromatic heterocycles. The van der Waals surface area contributed by atoms with E-state index in [1.807, 2.05) is 0 Å². The number of aldehydes is 1. The molecule has 5 heteroatoms. The van der Waals surface area contributed by atoms with E-state index >= 15 is 0 Å². The molecule has 0 bridgehead atoms. The number of hydrogen-bond donors (Lipinski definition) is 1. The van der Waals surface area contributed by atoms with Crippen molar-refractivity contribution >= 4 is 16.1 Å². The third-order valence-electron chi connectivity index (χ3n) is 2.08. The summed E-state index contributed by atoms with van der Waals surface area (Å²) in [5.74, 6) is -0.234. The first-order valence-electron chi connectivity index (χ1n) is 4.75. The molecule has 1 aromatic carbocycles. The lowest BCUT2D eigenvalue weighted by molar-refractivity contribution is -0.113. The summed E-state index contributed by atoms with van der Waals surface area (Å²) >= 11 is 0. The number of carbonyl (C=O) groups excluding carboxylic acids is 1. The molecule has 1 aromatic rings. The van der Waals surface area contributed by atoms with E-state index in [9.17, 15) is 13.2 Å². The highest BCUT2D eigenvalue weighted by Crippen LogP contribution is 2.22. The quantitative estimate of drug-likeness (QED) is 0.810. The van der Waals surface area contributed by atoms with E-state index in [2.05, 4.69) is 0 Å². The Hall–Kier alpha value is -1.36. The van der Waals surface area contributed by atoms with E-state index in [4.69, 9.17) is 5.11 Å². The van der Waals surface area contributed by atoms with Crippen molar-refractivity contribution in [3.05, 3.63) is 24.3 Å². The predicted molar refractivity (Wildman–Crippen MR) is 60.0 cm³/mol. The maximum Gasteiger partial charge on any atom is 0.179 e. The first-order valence-corrected chi connectivity index (χ1v) is 6.40. The minimum atomic E-state index is -3.49. The molecular weight excluding hydrogens is 228 g/mol. The van der Waals surface area contributed by atoms with Gasteiger partial charge in [0.2, 0.25) is 0 Å². The van der Waals surface area contributed by atoms with Crippen molar-refractivity contribution in [2.75, 3.05) is 5.75 Å². The molecule has 0 spiro atoms. The zero-order valence-electron chi connectivity index (χ0n) is 9.17. The number of hydrogen-bond acceptors (Lipinski definition) is 4. The summed E-state index contributed by atoms with van der Waals surface area (Å²) in [6.07, 6.45) is 0.630. The summed E-state index contributed by atoms with van der Waals surface area (Å²) in [5, 5.41) is 9.05. The number of aromatic hydroxyl groups is 1. The highest BCUT2D eigenvalue weighted by atomic mass is 32.2. The fourth-order valence-corrected chi connectivity index (χ4v) is 3.03. The Balaban J connectivity index is 3.04. The van der Waals surface area contributed by atoms with Crippen LogP contribution in [0.4, 0.5) is 0 Å². The average Bonchev–Trinajstić information content (AvgIpc) is 2.17. The molecule has 0 heterocycles. The van der Waals surface area contributed by atoms with E-state index in [-0.39, 0.29) is 16.4 Å². The molecule has 0 unspecified atom stereocenters. The molecule has 0 aliphatic heterocycles. The van der Waals surface area contributed by atoms with Crippen LogP contribution in [0.1, 0.15) is 13.8 Å². The Morgan fingerprint density at radius 1 is 1.25 bits per heavy atom. The molecule has 0 saturated heterocycles. The van der Waals surface area contributed by atoms with Gasteiger partial charge in [-0.3, -0.25) is 0 Å². The van der Waals surface area contributed by atoms with Crippen molar-refractivity contribution in [2.45, 2.75) is 18.7 Å². The number of phenols is 1. The fraction of sp³-hybridized carbons (Fsp3) is 0.364. The third-order valence-corrected chi connectivity index (χ3v) is 4.19. The summed E-state index contributed by atoms with van der Waals surface area (Å²) in [7, 11) is -3.49. The van der Waals surface area contributed by atoms with Crippen LogP contribution in [0, 0.1) is 5.41 Å². The topological polar surface area (TPSA) is 71.4 Å². The Morgan fingerprint density at radius 3 is 2.19 bits per heavy atom. The molecule has 0 atom stereocenters. The number of phenolic OH excluding ortho intramolecular Hbond substituents is 1. The second-order valence-electron chi connectivity index (χ2n) is 4.36. The van der Waals surface area contributed by atoms with Crippen LogP contribution in [0.25, 0.3) is 0 Å². The summed E-state index contributed by atoms with van der Waals surface area (Å²) < 4.78 is 23.8. The predicted octanol–water partition coefficient (Wildman–Crippen LogP) is 1.39. The SMILES string of the molecule is CC(C)(C=O)CS(=O)(=O)c1ccc(O)cc1. The largest absolute Gasteiger partial charge is 0.508 e. The van der Waals surface area contributed by atoms with Gasteiger partial charge < -0.3 is 9.90 Å². The average molecular weight is 242 g/mol. The molecule has 0 fully saturated rings. The molecule has 1 N–H and O–H groups in total. The first kappa shape index (κ1) is 12.7. The smallest absolute Gasteiger partial charge is 0.179 e. The Morgan fingerprint density at radius 2 is 1.75 bits per heavy atom. The van der Waals surface area contributed by atoms with E-state index < -0.39 is 15.3 Å². The van der Waals surface area contributed by atoms with Crippen molar-refractivity contribution in [1.29, 1.82) is 0 Å². The second-order valence-corrected chi connectivity index (χ2v) is 6.35. The van der Waals surface area contributed by atoms with Crippen molar-refractivity contribution < 1.29 is 18.3 Å². The lowest BCUT2D eigenvalue weighted by Gasteiger charge is -2.16. The van der Waals surface area contributed by atoms with Crippen LogP contribution in [0.5, 0.6) is 5.75 Å². The van der Waals surface area contributed by atoms with Crippen LogP contribution in [-0.4, -0.2) is 25.6 Å². The van der Waals surface area contributed by atoms with Gasteiger partial charge >= 0.3 is 0 Å². The lowest BCUT2D eigenvalue weighted by Crippen LogP contribution is -2.25. The summed E-state index contributed by atoms with van der Waals surface area (Å²) in [4.78, 5) is 10.8. The Kier molecular flexibility index (Phi) is 3.38. The van der Waals surface area contributed by atoms with Gasteiger partial charge in [0.15, 0.2) is 9.84 Å². The molecule has 1 rings (SSSR count). The molecule has 0 radical (unpaired) electrons. The van der Waals surface area contributed by atoms with Gasteiger partial charge in [0, 0.05) is 5.41 Å². The fourth-order valence-electron chi connectivity index (χ4n) is 1.26. The van der Waals surface area contributed by atoms with Gasteiger partial charge in [-0.25, -0.2) is 8.42 Å². The molecule has 0 aliphatic rings. The van der Waals surface area contributed by atoms with Crippen LogP contribution in [-0.2, 0) is 14.6 Å². The maximum absolute atomic E-state index is 11.9. The zero-order chi connectivity index (χ0) is 12.4. The minimum absolute atomic E-state index is 0.00796. The van der Waals surface area contributed by atoms with Crippen LogP contribution in [0.2, 0.25) is 0 Å². The summed E-state index contributed by atoms with van der Waals surface area (Å²) in [5.41, 5.74) is -0.906. The van der Waals surface area contributed by atoms with Crippen LogP contribution in [0.15, 0.2) is 29.2 Å². The highest BCUT2D eigenvalue weighted by Gasteiger charge is 2.26. The van der Waals surface area contributed by atoms with Gasteiger partial charge in [0.25, 0.3) is 0 Å². The molecular formula is C11H14O4S. The van der Waals surface area contributed by atoms with Gasteiger partial charge in [-0.1, -0.05) is 13.8 Å². The monoisotopic (exact) mass is 242 g/mol. The molecule has 0 amide bonds. The normalized spacial score (nSPS) is 12.4. The Bertz CT molecular complexity index is 471. The van der Waals surface area contributed by atoms with Gasteiger partial charge in [-0.05, 0) is 24.3 Å². The molecule has 0 saturated carbocycles. The molecule has 0 aliphatic carbocycles. The van der Waals surface area contributed by atoms with Crippen LogP contribution in [0.3, 0.4) is 0 Å². The first-order chi connectivity index (χ1) is 7.27. The van der Waals surface area contributed by atoms with Crippen LogP contribution < -0.4 is 0 Å². The van der Waals surface area contributed by atoms with Gasteiger partial charge in [0.1, 0.15) is 12.0 Å². The molecule has 4 nitrogen and oxygen atoms in total. The maximum atomic E-state index is 11.9. The van der Waals surface area contributed by atoms with Gasteiger partial charge in [-0.15, -0.1) is 0 Å². The number of carbonyl (C=O) groups is 1. The standard InChI is InChI=1S/C11H14O4S/c1-11(2,7-12)8-16(14,15)10-5-3-9(13)4-6-10/h3-7,13H,8H2,1-2H3. The summed E-state index contributed by atoms with van der Waals surface area (Å²) in [6, 6.07) is 5.26. The molecule has 16 heavy (non-hydrogen) atoms. The minimum Gasteiger partial charge on any atom is -0.508 e.